The largest absolute Gasteiger partial charge is 0.462 e. The molecular weight excluding hydrogens is 320 g/mol. The van der Waals surface area contributed by atoms with Crippen molar-refractivity contribution in [2.24, 2.45) is 14.1 Å². The molecule has 1 atom stereocenters. The summed E-state index contributed by atoms with van der Waals surface area (Å²) in [6, 6.07) is 0. The van der Waals surface area contributed by atoms with Crippen molar-refractivity contribution in [3.8, 4) is 0 Å². The van der Waals surface area contributed by atoms with Gasteiger partial charge in [-0.2, -0.15) is 0 Å². The lowest BCUT2D eigenvalue weighted by Crippen LogP contribution is -2.38. The van der Waals surface area contributed by atoms with Gasteiger partial charge in [0.05, 0.1) is 12.9 Å². The molecule has 2 aromatic heterocycles. The van der Waals surface area contributed by atoms with E-state index in [4.69, 9.17) is 9.47 Å². The molecule has 2 heterocycles. The van der Waals surface area contributed by atoms with Crippen LogP contribution in [0.1, 0.15) is 13.8 Å². The maximum Gasteiger partial charge on any atom is 0.332 e. The minimum Gasteiger partial charge on any atom is -0.462 e. The summed E-state index contributed by atoms with van der Waals surface area (Å²) in [6.07, 6.45) is 0.584. The van der Waals surface area contributed by atoms with E-state index in [1.165, 1.54) is 43.4 Å². The standard InChI is InChI=1S/C14H18N4O6/c1-8(19)23-6-10(24-9(2)20)5-18-7-15-12-11(18)13(21)17(4)14(22)16(12)3/h7,10H,5-6H2,1-4H3. The molecule has 0 amide bonds. The van der Waals surface area contributed by atoms with Crippen molar-refractivity contribution < 1.29 is 19.1 Å². The average molecular weight is 338 g/mol. The Labute approximate surface area is 136 Å². The number of imidazole rings is 1. The van der Waals surface area contributed by atoms with Crippen LogP contribution >= 0.6 is 0 Å². The van der Waals surface area contributed by atoms with Gasteiger partial charge in [-0.05, 0) is 0 Å². The van der Waals surface area contributed by atoms with Crippen LogP contribution in [-0.2, 0) is 39.7 Å². The third kappa shape index (κ3) is 3.36. The Bertz CT molecular complexity index is 906. The van der Waals surface area contributed by atoms with E-state index in [9.17, 15) is 19.2 Å². The number of carbonyl (C=O) groups excluding carboxylic acids is 2. The van der Waals surface area contributed by atoms with E-state index in [0.29, 0.717) is 0 Å². The number of aryl methyl sites for hydroxylation is 1. The van der Waals surface area contributed by atoms with E-state index in [2.05, 4.69) is 4.98 Å². The van der Waals surface area contributed by atoms with Crippen molar-refractivity contribution in [1.29, 1.82) is 0 Å². The van der Waals surface area contributed by atoms with Gasteiger partial charge in [-0.15, -0.1) is 0 Å². The number of aromatic nitrogens is 4. The first kappa shape index (κ1) is 17.4. The molecule has 2 aromatic rings. The van der Waals surface area contributed by atoms with Crippen LogP contribution in [0.15, 0.2) is 15.9 Å². The highest BCUT2D eigenvalue weighted by Crippen LogP contribution is 2.08. The van der Waals surface area contributed by atoms with Crippen LogP contribution < -0.4 is 11.2 Å². The molecule has 24 heavy (non-hydrogen) atoms. The second kappa shape index (κ2) is 6.69. The Kier molecular flexibility index (Phi) is 4.86. The van der Waals surface area contributed by atoms with Gasteiger partial charge in [-0.3, -0.25) is 23.5 Å². The summed E-state index contributed by atoms with van der Waals surface area (Å²) in [5.74, 6) is -1.06. The predicted octanol–water partition coefficient (Wildman–Crippen LogP) is -1.07. The smallest absolute Gasteiger partial charge is 0.332 e. The van der Waals surface area contributed by atoms with Gasteiger partial charge in [0.25, 0.3) is 5.56 Å². The molecule has 10 nitrogen and oxygen atoms in total. The molecule has 0 N–H and O–H groups in total. The van der Waals surface area contributed by atoms with Crippen molar-refractivity contribution in [3.05, 3.63) is 27.2 Å². The van der Waals surface area contributed by atoms with Crippen LogP contribution in [0.25, 0.3) is 11.2 Å². The SMILES string of the molecule is CC(=O)OCC(Cn1cnc2c1c(=O)n(C)c(=O)n2C)OC(C)=O. The van der Waals surface area contributed by atoms with E-state index >= 15 is 0 Å². The number of hydrogen-bond donors (Lipinski definition) is 0. The number of ether oxygens (including phenoxy) is 2. The van der Waals surface area contributed by atoms with Crippen LogP contribution in [0, 0.1) is 0 Å². The molecule has 0 spiro atoms. The maximum atomic E-state index is 12.3. The first-order chi connectivity index (χ1) is 11.2. The zero-order valence-electron chi connectivity index (χ0n) is 13.8. The second-order valence-electron chi connectivity index (χ2n) is 5.31. The van der Waals surface area contributed by atoms with E-state index in [1.807, 2.05) is 0 Å². The number of carbonyl (C=O) groups is 2. The average Bonchev–Trinajstić information content (AvgIpc) is 2.91. The Morgan fingerprint density at radius 2 is 1.83 bits per heavy atom. The Balaban J connectivity index is 2.44. The predicted molar refractivity (Wildman–Crippen MR) is 82.4 cm³/mol. The summed E-state index contributed by atoms with van der Waals surface area (Å²) in [5, 5.41) is 0. The number of fused-ring (bicyclic) bond motifs is 1. The molecule has 0 aliphatic rings. The Hall–Kier alpha value is -2.91. The van der Waals surface area contributed by atoms with Crippen molar-refractivity contribution in [2.45, 2.75) is 26.5 Å². The van der Waals surface area contributed by atoms with Crippen molar-refractivity contribution in [2.75, 3.05) is 6.61 Å². The van der Waals surface area contributed by atoms with Crippen LogP contribution in [0.2, 0.25) is 0 Å². The monoisotopic (exact) mass is 338 g/mol. The quantitative estimate of drug-likeness (QED) is 0.638. The summed E-state index contributed by atoms with van der Waals surface area (Å²) in [6.45, 7) is 2.37. The summed E-state index contributed by atoms with van der Waals surface area (Å²) >= 11 is 0. The summed E-state index contributed by atoms with van der Waals surface area (Å²) in [5.41, 5.74) is -0.592. The number of esters is 2. The van der Waals surface area contributed by atoms with Gasteiger partial charge < -0.3 is 14.0 Å². The van der Waals surface area contributed by atoms with Crippen molar-refractivity contribution in [3.63, 3.8) is 0 Å². The summed E-state index contributed by atoms with van der Waals surface area (Å²) < 4.78 is 13.7. The summed E-state index contributed by atoms with van der Waals surface area (Å²) in [4.78, 5) is 50.5. The lowest BCUT2D eigenvalue weighted by molar-refractivity contribution is -0.157. The molecule has 130 valence electrons. The molecule has 2 rings (SSSR count). The minimum absolute atomic E-state index is 0.0524. The van der Waals surface area contributed by atoms with Crippen LogP contribution in [-0.4, -0.2) is 43.3 Å². The van der Waals surface area contributed by atoms with Crippen LogP contribution in [0.4, 0.5) is 0 Å². The molecular formula is C14H18N4O6. The van der Waals surface area contributed by atoms with Gasteiger partial charge >= 0.3 is 17.6 Å². The molecule has 0 aromatic carbocycles. The fourth-order valence-corrected chi connectivity index (χ4v) is 2.32. The Morgan fingerprint density at radius 1 is 1.17 bits per heavy atom. The van der Waals surface area contributed by atoms with Crippen LogP contribution in [0.5, 0.6) is 0 Å². The van der Waals surface area contributed by atoms with Crippen molar-refractivity contribution >= 4 is 23.1 Å². The molecule has 0 fully saturated rings. The zero-order chi connectivity index (χ0) is 18.0. The Morgan fingerprint density at radius 3 is 2.42 bits per heavy atom. The highest BCUT2D eigenvalue weighted by atomic mass is 16.6. The molecule has 0 aliphatic carbocycles. The third-order valence-electron chi connectivity index (χ3n) is 3.42. The fraction of sp³-hybridized carbons (Fsp3) is 0.500. The summed E-state index contributed by atoms with van der Waals surface area (Å²) in [7, 11) is 2.87. The first-order valence-electron chi connectivity index (χ1n) is 7.13. The fourth-order valence-electron chi connectivity index (χ4n) is 2.32. The second-order valence-corrected chi connectivity index (χ2v) is 5.31. The van der Waals surface area contributed by atoms with Gasteiger partial charge in [0.1, 0.15) is 6.61 Å². The molecule has 1 unspecified atom stereocenters. The zero-order valence-corrected chi connectivity index (χ0v) is 13.8. The highest BCUT2D eigenvalue weighted by Gasteiger charge is 2.19. The van der Waals surface area contributed by atoms with E-state index in [0.717, 1.165) is 4.57 Å². The number of rotatable bonds is 5. The first-order valence-corrected chi connectivity index (χ1v) is 7.13. The van der Waals surface area contributed by atoms with Gasteiger partial charge in [0.2, 0.25) is 0 Å². The van der Waals surface area contributed by atoms with E-state index in [1.54, 1.807) is 0 Å². The van der Waals surface area contributed by atoms with Gasteiger partial charge in [-0.25, -0.2) is 9.78 Å². The third-order valence-corrected chi connectivity index (χ3v) is 3.42. The number of hydrogen-bond acceptors (Lipinski definition) is 7. The molecule has 10 heteroatoms. The minimum atomic E-state index is -0.786. The highest BCUT2D eigenvalue weighted by molar-refractivity contribution is 5.70. The number of nitrogens with zero attached hydrogens (tertiary/aromatic N) is 4. The molecule has 0 saturated carbocycles. The molecule has 0 saturated heterocycles. The lowest BCUT2D eigenvalue weighted by atomic mass is 10.3. The topological polar surface area (TPSA) is 114 Å². The maximum absolute atomic E-state index is 12.3. The molecule has 0 aliphatic heterocycles. The van der Waals surface area contributed by atoms with Crippen molar-refractivity contribution in [1.82, 2.24) is 18.7 Å². The van der Waals surface area contributed by atoms with Crippen LogP contribution in [0.3, 0.4) is 0 Å². The molecule has 0 radical (unpaired) electrons. The van der Waals surface area contributed by atoms with E-state index in [-0.39, 0.29) is 24.3 Å². The van der Waals surface area contributed by atoms with E-state index < -0.39 is 29.3 Å². The molecule has 0 bridgehead atoms. The van der Waals surface area contributed by atoms with Gasteiger partial charge in [0.15, 0.2) is 17.3 Å². The lowest BCUT2D eigenvalue weighted by Gasteiger charge is -2.17. The normalized spacial score (nSPS) is 12.2. The van der Waals surface area contributed by atoms with Gasteiger partial charge in [-0.1, -0.05) is 0 Å². The van der Waals surface area contributed by atoms with Gasteiger partial charge in [0, 0.05) is 27.9 Å².